The summed E-state index contributed by atoms with van der Waals surface area (Å²) < 4.78 is 1.55. The van der Waals surface area contributed by atoms with Crippen LogP contribution in [-0.2, 0) is 17.6 Å². The first-order valence-corrected chi connectivity index (χ1v) is 8.08. The van der Waals surface area contributed by atoms with Crippen LogP contribution in [0.2, 0.25) is 0 Å². The zero-order valence-corrected chi connectivity index (χ0v) is 13.4. The van der Waals surface area contributed by atoms with Gasteiger partial charge in [-0.1, -0.05) is 36.4 Å². The Labute approximate surface area is 144 Å². The maximum absolute atomic E-state index is 12.4. The highest BCUT2D eigenvalue weighted by atomic mass is 16.3. The number of rotatable bonds is 4. The van der Waals surface area contributed by atoms with E-state index in [-0.39, 0.29) is 18.4 Å². The van der Waals surface area contributed by atoms with E-state index in [1.165, 1.54) is 6.33 Å². The Balaban J connectivity index is 1.42. The van der Waals surface area contributed by atoms with E-state index in [1.54, 1.807) is 4.68 Å². The van der Waals surface area contributed by atoms with Crippen molar-refractivity contribution in [2.45, 2.75) is 25.0 Å². The van der Waals surface area contributed by atoms with Crippen molar-refractivity contribution in [3.63, 3.8) is 0 Å². The number of nitrogens with zero attached hydrogens (tertiary/aromatic N) is 4. The molecule has 2 aromatic carbocycles. The SMILES string of the molecule is O=C(Cc1ccc(-n2cnnn2)cc1)N[C@H]1c2ccccc2C[C@@H]1O. The average molecular weight is 335 g/mol. The molecule has 2 N–H and O–H groups in total. The van der Waals surface area contributed by atoms with Gasteiger partial charge in [-0.15, -0.1) is 5.10 Å². The second-order valence-electron chi connectivity index (χ2n) is 6.11. The summed E-state index contributed by atoms with van der Waals surface area (Å²) in [5.74, 6) is -0.115. The summed E-state index contributed by atoms with van der Waals surface area (Å²) in [4.78, 5) is 12.4. The molecule has 0 aliphatic heterocycles. The van der Waals surface area contributed by atoms with Gasteiger partial charge < -0.3 is 10.4 Å². The molecule has 0 fully saturated rings. The number of aliphatic hydroxyl groups excluding tert-OH is 1. The van der Waals surface area contributed by atoms with Gasteiger partial charge in [-0.25, -0.2) is 4.68 Å². The summed E-state index contributed by atoms with van der Waals surface area (Å²) in [5.41, 5.74) is 3.80. The van der Waals surface area contributed by atoms with Gasteiger partial charge in [0.1, 0.15) is 6.33 Å². The molecule has 0 unspecified atom stereocenters. The predicted octanol–water partition coefficient (Wildman–Crippen LogP) is 0.979. The van der Waals surface area contributed by atoms with E-state index >= 15 is 0 Å². The second-order valence-corrected chi connectivity index (χ2v) is 6.11. The monoisotopic (exact) mass is 335 g/mol. The highest BCUT2D eigenvalue weighted by molar-refractivity contribution is 5.79. The quantitative estimate of drug-likeness (QED) is 0.741. The smallest absolute Gasteiger partial charge is 0.224 e. The number of carbonyl (C=O) groups excluding carboxylic acids is 1. The number of carbonyl (C=O) groups is 1. The molecule has 4 rings (SSSR count). The topological polar surface area (TPSA) is 92.9 Å². The third-order valence-electron chi connectivity index (χ3n) is 4.44. The fourth-order valence-electron chi connectivity index (χ4n) is 3.20. The summed E-state index contributed by atoms with van der Waals surface area (Å²) in [7, 11) is 0. The first kappa shape index (κ1) is 15.5. The lowest BCUT2D eigenvalue weighted by molar-refractivity contribution is -0.121. The van der Waals surface area contributed by atoms with Crippen molar-refractivity contribution in [3.05, 3.63) is 71.5 Å². The van der Waals surface area contributed by atoms with Gasteiger partial charge in [-0.2, -0.15) is 0 Å². The lowest BCUT2D eigenvalue weighted by Gasteiger charge is -2.18. The molecule has 7 nitrogen and oxygen atoms in total. The number of hydrogen-bond donors (Lipinski definition) is 2. The first-order valence-electron chi connectivity index (χ1n) is 8.08. The van der Waals surface area contributed by atoms with Crippen molar-refractivity contribution < 1.29 is 9.90 Å². The number of hydrogen-bond acceptors (Lipinski definition) is 5. The molecule has 1 aromatic heterocycles. The minimum atomic E-state index is -0.580. The first-order chi connectivity index (χ1) is 12.2. The normalized spacial score (nSPS) is 18.8. The minimum Gasteiger partial charge on any atom is -0.390 e. The third kappa shape index (κ3) is 3.14. The highest BCUT2D eigenvalue weighted by Crippen LogP contribution is 2.31. The van der Waals surface area contributed by atoms with Crippen LogP contribution in [0.3, 0.4) is 0 Å². The maximum Gasteiger partial charge on any atom is 0.224 e. The Morgan fingerprint density at radius 1 is 1.20 bits per heavy atom. The molecule has 1 aliphatic carbocycles. The van der Waals surface area contributed by atoms with E-state index in [0.717, 1.165) is 22.4 Å². The zero-order valence-electron chi connectivity index (χ0n) is 13.4. The van der Waals surface area contributed by atoms with Crippen molar-refractivity contribution in [3.8, 4) is 5.69 Å². The molecule has 1 heterocycles. The van der Waals surface area contributed by atoms with Gasteiger partial charge in [0, 0.05) is 6.42 Å². The second kappa shape index (κ2) is 6.45. The molecule has 1 amide bonds. The van der Waals surface area contributed by atoms with Crippen LogP contribution in [0, 0.1) is 0 Å². The van der Waals surface area contributed by atoms with E-state index in [2.05, 4.69) is 20.8 Å². The predicted molar refractivity (Wildman–Crippen MR) is 89.9 cm³/mol. The Hall–Kier alpha value is -3.06. The number of fused-ring (bicyclic) bond motifs is 1. The Kier molecular flexibility index (Phi) is 3.99. The average Bonchev–Trinajstić information content (AvgIpc) is 3.25. The van der Waals surface area contributed by atoms with E-state index in [0.29, 0.717) is 6.42 Å². The fourth-order valence-corrected chi connectivity index (χ4v) is 3.20. The molecular formula is C18H17N5O2. The number of nitrogens with one attached hydrogen (secondary N) is 1. The van der Waals surface area contributed by atoms with Crippen molar-refractivity contribution in [2.75, 3.05) is 0 Å². The van der Waals surface area contributed by atoms with Crippen LogP contribution in [0.25, 0.3) is 5.69 Å². The number of tetrazole rings is 1. The summed E-state index contributed by atoms with van der Waals surface area (Å²) in [6.45, 7) is 0. The van der Waals surface area contributed by atoms with Crippen LogP contribution in [0.15, 0.2) is 54.9 Å². The van der Waals surface area contributed by atoms with Crippen LogP contribution in [0.4, 0.5) is 0 Å². The Morgan fingerprint density at radius 2 is 2.00 bits per heavy atom. The number of aliphatic hydroxyl groups is 1. The molecule has 25 heavy (non-hydrogen) atoms. The maximum atomic E-state index is 12.4. The number of amides is 1. The van der Waals surface area contributed by atoms with E-state index in [1.807, 2.05) is 48.5 Å². The molecule has 0 bridgehead atoms. The lowest BCUT2D eigenvalue weighted by atomic mass is 10.1. The van der Waals surface area contributed by atoms with Gasteiger partial charge >= 0.3 is 0 Å². The zero-order chi connectivity index (χ0) is 17.2. The van der Waals surface area contributed by atoms with Crippen molar-refractivity contribution in [2.24, 2.45) is 0 Å². The van der Waals surface area contributed by atoms with Crippen LogP contribution in [0.1, 0.15) is 22.7 Å². The number of aromatic nitrogens is 4. The van der Waals surface area contributed by atoms with Crippen LogP contribution >= 0.6 is 0 Å². The van der Waals surface area contributed by atoms with Crippen molar-refractivity contribution >= 4 is 5.91 Å². The summed E-state index contributed by atoms with van der Waals surface area (Å²) >= 11 is 0. The van der Waals surface area contributed by atoms with Gasteiger partial charge in [-0.3, -0.25) is 4.79 Å². The van der Waals surface area contributed by atoms with Gasteiger partial charge in [0.15, 0.2) is 0 Å². The van der Waals surface area contributed by atoms with Gasteiger partial charge in [-0.05, 0) is 39.2 Å². The van der Waals surface area contributed by atoms with Gasteiger partial charge in [0.2, 0.25) is 5.91 Å². The molecule has 0 spiro atoms. The highest BCUT2D eigenvalue weighted by Gasteiger charge is 2.31. The summed E-state index contributed by atoms with van der Waals surface area (Å²) in [6.07, 6.45) is 1.76. The standard InChI is InChI=1S/C18H17N5O2/c24-16-10-13-3-1-2-4-15(13)18(16)20-17(25)9-12-5-7-14(8-6-12)23-11-19-21-22-23/h1-8,11,16,18,24H,9-10H2,(H,20,25)/t16-,18-/m0/s1. The molecule has 2 atom stereocenters. The van der Waals surface area contributed by atoms with Gasteiger partial charge in [0.05, 0.1) is 24.3 Å². The lowest BCUT2D eigenvalue weighted by Crippen LogP contribution is -2.34. The third-order valence-corrected chi connectivity index (χ3v) is 4.44. The number of benzene rings is 2. The minimum absolute atomic E-state index is 0.115. The van der Waals surface area contributed by atoms with E-state index < -0.39 is 6.10 Å². The summed E-state index contributed by atoms with van der Waals surface area (Å²) in [5, 5.41) is 24.2. The molecule has 7 heteroatoms. The molecule has 0 saturated heterocycles. The van der Waals surface area contributed by atoms with Crippen LogP contribution in [0.5, 0.6) is 0 Å². The Bertz CT molecular complexity index is 877. The van der Waals surface area contributed by atoms with Crippen molar-refractivity contribution in [1.29, 1.82) is 0 Å². The van der Waals surface area contributed by atoms with Crippen LogP contribution in [-0.4, -0.2) is 37.3 Å². The molecule has 126 valence electrons. The molecular weight excluding hydrogens is 318 g/mol. The fraction of sp³-hybridized carbons (Fsp3) is 0.222. The Morgan fingerprint density at radius 3 is 2.76 bits per heavy atom. The van der Waals surface area contributed by atoms with E-state index in [9.17, 15) is 9.90 Å². The van der Waals surface area contributed by atoms with Crippen molar-refractivity contribution in [1.82, 2.24) is 25.5 Å². The van der Waals surface area contributed by atoms with Crippen LogP contribution < -0.4 is 5.32 Å². The molecule has 1 aliphatic rings. The van der Waals surface area contributed by atoms with Gasteiger partial charge in [0.25, 0.3) is 0 Å². The molecule has 0 radical (unpaired) electrons. The molecule has 3 aromatic rings. The molecule has 0 saturated carbocycles. The summed E-state index contributed by atoms with van der Waals surface area (Å²) in [6, 6.07) is 14.9. The van der Waals surface area contributed by atoms with E-state index in [4.69, 9.17) is 0 Å². The largest absolute Gasteiger partial charge is 0.390 e.